The van der Waals surface area contributed by atoms with E-state index in [0.29, 0.717) is 13.2 Å². The molecule has 2 aromatic rings. The summed E-state index contributed by atoms with van der Waals surface area (Å²) >= 11 is 0. The molecule has 0 saturated heterocycles. The van der Waals surface area contributed by atoms with E-state index in [4.69, 9.17) is 15.2 Å². The molecule has 0 bridgehead atoms. The van der Waals surface area contributed by atoms with E-state index in [1.54, 1.807) is 7.11 Å². The lowest BCUT2D eigenvalue weighted by atomic mass is 10.1. The van der Waals surface area contributed by atoms with Gasteiger partial charge in [-0.05, 0) is 44.0 Å². The van der Waals surface area contributed by atoms with E-state index in [1.165, 1.54) is 11.1 Å². The molecule has 2 N–H and O–H groups in total. The Labute approximate surface area is 126 Å². The highest BCUT2D eigenvalue weighted by Crippen LogP contribution is 2.32. The normalized spacial score (nSPS) is 10.5. The number of nitrogens with two attached hydrogens (primary N) is 1. The summed E-state index contributed by atoms with van der Waals surface area (Å²) in [6, 6.07) is 12.4. The van der Waals surface area contributed by atoms with Crippen LogP contribution in [0.25, 0.3) is 0 Å². The molecule has 2 aromatic carbocycles. The lowest BCUT2D eigenvalue weighted by Gasteiger charge is -2.15. The van der Waals surface area contributed by atoms with E-state index in [1.807, 2.05) is 18.2 Å². The number of rotatable bonds is 6. The Bertz CT molecular complexity index is 588. The summed E-state index contributed by atoms with van der Waals surface area (Å²) in [6.07, 6.45) is 0.777. The van der Waals surface area contributed by atoms with Crippen molar-refractivity contribution in [2.75, 3.05) is 13.7 Å². The van der Waals surface area contributed by atoms with Gasteiger partial charge in [0.05, 0.1) is 7.11 Å². The van der Waals surface area contributed by atoms with Crippen molar-refractivity contribution in [3.05, 3.63) is 58.7 Å². The minimum absolute atomic E-state index is 0.528. The summed E-state index contributed by atoms with van der Waals surface area (Å²) in [7, 11) is 1.66. The number of para-hydroxylation sites is 1. The molecule has 0 amide bonds. The standard InChI is InChI=1S/C18H23NO2/c1-13-9-14(2)11-15(10-13)12-21-18-16(7-8-19)5-4-6-17(18)20-3/h4-6,9-11H,7-8,12,19H2,1-3H3. The first-order valence-corrected chi connectivity index (χ1v) is 7.20. The van der Waals surface area contributed by atoms with Gasteiger partial charge in [-0.25, -0.2) is 0 Å². The number of hydrogen-bond donors (Lipinski definition) is 1. The molecule has 0 unspecified atom stereocenters. The van der Waals surface area contributed by atoms with Gasteiger partial charge in [0, 0.05) is 0 Å². The topological polar surface area (TPSA) is 44.5 Å². The van der Waals surface area contributed by atoms with Crippen molar-refractivity contribution in [2.45, 2.75) is 26.9 Å². The zero-order chi connectivity index (χ0) is 15.2. The predicted octanol–water partition coefficient (Wildman–Crippen LogP) is 3.39. The van der Waals surface area contributed by atoms with Gasteiger partial charge >= 0.3 is 0 Å². The largest absolute Gasteiger partial charge is 0.493 e. The van der Waals surface area contributed by atoms with Crippen molar-refractivity contribution in [1.82, 2.24) is 0 Å². The smallest absolute Gasteiger partial charge is 0.164 e. The molecule has 112 valence electrons. The maximum atomic E-state index is 6.03. The minimum atomic E-state index is 0.528. The van der Waals surface area contributed by atoms with Crippen LogP contribution >= 0.6 is 0 Å². The minimum Gasteiger partial charge on any atom is -0.493 e. The molecule has 3 heteroatoms. The van der Waals surface area contributed by atoms with Crippen LogP contribution in [0.2, 0.25) is 0 Å². The van der Waals surface area contributed by atoms with Gasteiger partial charge in [0.1, 0.15) is 6.61 Å². The van der Waals surface area contributed by atoms with E-state index < -0.39 is 0 Å². The highest BCUT2D eigenvalue weighted by atomic mass is 16.5. The fourth-order valence-corrected chi connectivity index (χ4v) is 2.55. The van der Waals surface area contributed by atoms with Gasteiger partial charge in [-0.2, -0.15) is 0 Å². The van der Waals surface area contributed by atoms with Crippen LogP contribution in [0.1, 0.15) is 22.3 Å². The molecular weight excluding hydrogens is 262 g/mol. The van der Waals surface area contributed by atoms with Crippen LogP contribution in [-0.4, -0.2) is 13.7 Å². The fourth-order valence-electron chi connectivity index (χ4n) is 2.55. The lowest BCUT2D eigenvalue weighted by Crippen LogP contribution is -2.06. The number of benzene rings is 2. The number of methoxy groups -OCH3 is 1. The molecule has 0 heterocycles. The second-order valence-corrected chi connectivity index (χ2v) is 5.27. The zero-order valence-electron chi connectivity index (χ0n) is 13.0. The Morgan fingerprint density at radius 1 is 1.05 bits per heavy atom. The molecule has 0 saturated carbocycles. The van der Waals surface area contributed by atoms with Crippen LogP contribution in [0.3, 0.4) is 0 Å². The molecular formula is C18H23NO2. The molecule has 21 heavy (non-hydrogen) atoms. The highest BCUT2D eigenvalue weighted by Gasteiger charge is 2.10. The van der Waals surface area contributed by atoms with Gasteiger partial charge in [0.15, 0.2) is 11.5 Å². The van der Waals surface area contributed by atoms with Crippen molar-refractivity contribution >= 4 is 0 Å². The van der Waals surface area contributed by atoms with Crippen LogP contribution in [0.15, 0.2) is 36.4 Å². The third-order valence-corrected chi connectivity index (χ3v) is 3.36. The maximum absolute atomic E-state index is 6.03. The molecule has 3 nitrogen and oxygen atoms in total. The fraction of sp³-hybridized carbons (Fsp3) is 0.333. The van der Waals surface area contributed by atoms with Crippen LogP contribution in [0.4, 0.5) is 0 Å². The van der Waals surface area contributed by atoms with Crippen molar-refractivity contribution < 1.29 is 9.47 Å². The molecule has 0 aliphatic rings. The molecule has 0 aromatic heterocycles. The summed E-state index contributed by atoms with van der Waals surface area (Å²) in [6.45, 7) is 5.31. The molecule has 0 fully saturated rings. The van der Waals surface area contributed by atoms with Gasteiger partial charge in [-0.1, -0.05) is 41.5 Å². The lowest BCUT2D eigenvalue weighted by molar-refractivity contribution is 0.281. The summed E-state index contributed by atoms with van der Waals surface area (Å²) < 4.78 is 11.4. The molecule has 0 atom stereocenters. The van der Waals surface area contributed by atoms with E-state index >= 15 is 0 Å². The molecule has 2 rings (SSSR count). The van der Waals surface area contributed by atoms with Crippen molar-refractivity contribution in [1.29, 1.82) is 0 Å². The van der Waals surface area contributed by atoms with Gasteiger partial charge in [0.2, 0.25) is 0 Å². The predicted molar refractivity (Wildman–Crippen MR) is 86.0 cm³/mol. The Morgan fingerprint density at radius 3 is 2.38 bits per heavy atom. The Morgan fingerprint density at radius 2 is 1.76 bits per heavy atom. The second kappa shape index (κ2) is 7.14. The first-order valence-electron chi connectivity index (χ1n) is 7.20. The van der Waals surface area contributed by atoms with Crippen molar-refractivity contribution in [3.8, 4) is 11.5 Å². The third kappa shape index (κ3) is 3.99. The Balaban J connectivity index is 2.22. The third-order valence-electron chi connectivity index (χ3n) is 3.36. The van der Waals surface area contributed by atoms with Crippen LogP contribution in [0.5, 0.6) is 11.5 Å². The number of hydrogen-bond acceptors (Lipinski definition) is 3. The Kier molecular flexibility index (Phi) is 5.23. The SMILES string of the molecule is COc1cccc(CCN)c1OCc1cc(C)cc(C)c1. The summed E-state index contributed by atoms with van der Waals surface area (Å²) in [5, 5.41) is 0. The van der Waals surface area contributed by atoms with Crippen LogP contribution in [0, 0.1) is 13.8 Å². The van der Waals surface area contributed by atoms with Crippen LogP contribution in [-0.2, 0) is 13.0 Å². The molecule has 0 aliphatic carbocycles. The zero-order valence-corrected chi connectivity index (χ0v) is 13.0. The maximum Gasteiger partial charge on any atom is 0.164 e. The summed E-state index contributed by atoms with van der Waals surface area (Å²) in [5.41, 5.74) is 10.4. The first kappa shape index (κ1) is 15.4. The van der Waals surface area contributed by atoms with E-state index in [2.05, 4.69) is 32.0 Å². The quantitative estimate of drug-likeness (QED) is 0.884. The van der Waals surface area contributed by atoms with E-state index in [0.717, 1.165) is 29.0 Å². The second-order valence-electron chi connectivity index (χ2n) is 5.27. The van der Waals surface area contributed by atoms with Gasteiger partial charge in [0.25, 0.3) is 0 Å². The average molecular weight is 285 g/mol. The summed E-state index contributed by atoms with van der Waals surface area (Å²) in [4.78, 5) is 0. The van der Waals surface area contributed by atoms with Crippen molar-refractivity contribution in [2.24, 2.45) is 5.73 Å². The molecule has 0 spiro atoms. The number of aryl methyl sites for hydroxylation is 2. The Hall–Kier alpha value is -2.00. The van der Waals surface area contributed by atoms with Crippen LogP contribution < -0.4 is 15.2 Å². The van der Waals surface area contributed by atoms with Gasteiger partial charge in [-0.15, -0.1) is 0 Å². The van der Waals surface area contributed by atoms with E-state index in [9.17, 15) is 0 Å². The highest BCUT2D eigenvalue weighted by molar-refractivity contribution is 5.47. The summed E-state index contributed by atoms with van der Waals surface area (Å²) in [5.74, 6) is 1.55. The average Bonchev–Trinajstić information content (AvgIpc) is 2.45. The van der Waals surface area contributed by atoms with E-state index in [-0.39, 0.29) is 0 Å². The monoisotopic (exact) mass is 285 g/mol. The number of ether oxygens (including phenoxy) is 2. The van der Waals surface area contributed by atoms with Gasteiger partial charge in [-0.3, -0.25) is 0 Å². The van der Waals surface area contributed by atoms with Crippen molar-refractivity contribution in [3.63, 3.8) is 0 Å². The van der Waals surface area contributed by atoms with Gasteiger partial charge < -0.3 is 15.2 Å². The molecule has 0 radical (unpaired) electrons. The first-order chi connectivity index (χ1) is 10.1. The molecule has 0 aliphatic heterocycles.